The van der Waals surface area contributed by atoms with Gasteiger partial charge in [-0.1, -0.05) is 12.1 Å². The molecule has 180 valence electrons. The standard InChI is InChI=1S/C29H24FN3O3/c1-35-16-24-25(33-11-3-2-4-28(33)32-24)14-27-22-13-19(34)8-10-20(22)29(23(15-31)17-5-6-17)21-9-7-18(30)12-26(21)36-27/h2-4,7-13,17,27,34H,5-6,14,16H2,1H3/i1D3. The number of fused-ring (bicyclic) bond motifs is 3. The van der Waals surface area contributed by atoms with Crippen molar-refractivity contribution in [2.24, 2.45) is 5.92 Å². The lowest BCUT2D eigenvalue weighted by molar-refractivity contribution is 0.177. The van der Waals surface area contributed by atoms with Crippen LogP contribution in [0.15, 0.2) is 66.4 Å². The van der Waals surface area contributed by atoms with E-state index < -0.39 is 19.0 Å². The van der Waals surface area contributed by atoms with Gasteiger partial charge < -0.3 is 19.0 Å². The number of imidazole rings is 1. The monoisotopic (exact) mass is 484 g/mol. The third-order valence-electron chi connectivity index (χ3n) is 6.81. The van der Waals surface area contributed by atoms with Crippen LogP contribution in [-0.2, 0) is 17.8 Å². The molecule has 2 aliphatic rings. The van der Waals surface area contributed by atoms with Gasteiger partial charge in [0.1, 0.15) is 29.1 Å². The average molecular weight is 485 g/mol. The van der Waals surface area contributed by atoms with Gasteiger partial charge in [-0.05, 0) is 60.7 Å². The second-order valence-corrected chi connectivity index (χ2v) is 9.12. The fourth-order valence-electron chi connectivity index (χ4n) is 5.04. The Morgan fingerprint density at radius 1 is 1.25 bits per heavy atom. The van der Waals surface area contributed by atoms with Crippen LogP contribution >= 0.6 is 0 Å². The van der Waals surface area contributed by atoms with Gasteiger partial charge in [-0.25, -0.2) is 9.37 Å². The molecular weight excluding hydrogens is 457 g/mol. The third kappa shape index (κ3) is 3.80. The number of benzene rings is 2. The van der Waals surface area contributed by atoms with Gasteiger partial charge in [0, 0.05) is 48.0 Å². The Bertz CT molecular complexity index is 1670. The number of phenols is 1. The number of methoxy groups -OCH3 is 1. The minimum absolute atomic E-state index is 0.0212. The zero-order valence-electron chi connectivity index (χ0n) is 22.2. The van der Waals surface area contributed by atoms with Crippen molar-refractivity contribution in [1.82, 2.24) is 9.38 Å². The van der Waals surface area contributed by atoms with Crippen LogP contribution in [0.25, 0.3) is 11.2 Å². The summed E-state index contributed by atoms with van der Waals surface area (Å²) in [5.41, 5.74) is 4.94. The van der Waals surface area contributed by atoms with Crippen LogP contribution in [0, 0.1) is 23.1 Å². The molecule has 1 saturated carbocycles. The third-order valence-corrected chi connectivity index (χ3v) is 6.81. The van der Waals surface area contributed by atoms with E-state index in [0.29, 0.717) is 39.3 Å². The molecule has 3 heterocycles. The molecule has 6 nitrogen and oxygen atoms in total. The molecule has 2 aromatic heterocycles. The Balaban J connectivity index is 1.54. The molecule has 0 amide bonds. The molecule has 0 spiro atoms. The SMILES string of the molecule is [2H]C([2H])([2H])OCc1nc2ccccn2c1CC1Oc2cc(F)ccc2C(=C(C#N)C2CC2)c2ccc(O)cc21. The normalized spacial score (nSPS) is 19.7. The maximum absolute atomic E-state index is 14.5. The number of halogens is 1. The summed E-state index contributed by atoms with van der Waals surface area (Å²) in [5, 5.41) is 20.6. The van der Waals surface area contributed by atoms with Crippen LogP contribution in [0.2, 0.25) is 0 Å². The van der Waals surface area contributed by atoms with Crippen molar-refractivity contribution in [1.29, 1.82) is 5.26 Å². The van der Waals surface area contributed by atoms with Crippen LogP contribution in [0.1, 0.15) is 51.1 Å². The molecule has 6 rings (SSSR count). The first-order valence-electron chi connectivity index (χ1n) is 13.2. The van der Waals surface area contributed by atoms with Gasteiger partial charge in [0.2, 0.25) is 0 Å². The smallest absolute Gasteiger partial charge is 0.137 e. The first-order chi connectivity index (χ1) is 18.7. The minimum Gasteiger partial charge on any atom is -0.508 e. The minimum atomic E-state index is -2.60. The number of nitriles is 1. The average Bonchev–Trinajstić information content (AvgIpc) is 3.69. The van der Waals surface area contributed by atoms with Crippen LogP contribution in [-0.4, -0.2) is 21.5 Å². The van der Waals surface area contributed by atoms with Gasteiger partial charge in [-0.3, -0.25) is 0 Å². The second kappa shape index (κ2) is 8.81. The predicted molar refractivity (Wildman–Crippen MR) is 132 cm³/mol. The lowest BCUT2D eigenvalue weighted by Crippen LogP contribution is -2.14. The highest BCUT2D eigenvalue weighted by molar-refractivity contribution is 5.89. The van der Waals surface area contributed by atoms with Gasteiger partial charge in [-0.15, -0.1) is 0 Å². The summed E-state index contributed by atoms with van der Waals surface area (Å²) >= 11 is 0. The Hall–Kier alpha value is -4.15. The Morgan fingerprint density at radius 2 is 2.11 bits per heavy atom. The van der Waals surface area contributed by atoms with E-state index in [1.807, 2.05) is 22.7 Å². The van der Waals surface area contributed by atoms with Gasteiger partial charge in [-0.2, -0.15) is 5.26 Å². The number of rotatable bonds is 5. The highest BCUT2D eigenvalue weighted by Crippen LogP contribution is 2.48. The maximum atomic E-state index is 14.5. The topological polar surface area (TPSA) is 79.8 Å². The lowest BCUT2D eigenvalue weighted by Gasteiger charge is -2.20. The van der Waals surface area contributed by atoms with Crippen molar-refractivity contribution >= 4 is 11.2 Å². The summed E-state index contributed by atoms with van der Waals surface area (Å²) in [4.78, 5) is 4.60. The van der Waals surface area contributed by atoms with Gasteiger partial charge in [0.05, 0.1) is 28.2 Å². The van der Waals surface area contributed by atoms with E-state index in [-0.39, 0.29) is 30.4 Å². The highest BCUT2D eigenvalue weighted by Gasteiger charge is 2.35. The molecule has 0 saturated heterocycles. The number of nitrogens with zero attached hydrogens (tertiary/aromatic N) is 3. The van der Waals surface area contributed by atoms with Crippen molar-refractivity contribution in [2.45, 2.75) is 32.0 Å². The van der Waals surface area contributed by atoms with E-state index >= 15 is 0 Å². The molecule has 1 aliphatic heterocycles. The largest absolute Gasteiger partial charge is 0.508 e. The van der Waals surface area contributed by atoms with E-state index in [9.17, 15) is 14.8 Å². The molecule has 7 heteroatoms. The van der Waals surface area contributed by atoms with Gasteiger partial charge >= 0.3 is 0 Å². The van der Waals surface area contributed by atoms with E-state index in [2.05, 4.69) is 11.1 Å². The van der Waals surface area contributed by atoms with E-state index in [0.717, 1.165) is 18.4 Å². The molecular formula is C29H24FN3O3. The first kappa shape index (κ1) is 19.1. The molecule has 1 aliphatic carbocycles. The molecule has 1 atom stereocenters. The maximum Gasteiger partial charge on any atom is 0.137 e. The summed E-state index contributed by atoms with van der Waals surface area (Å²) in [6.07, 6.45) is 3.09. The Kier molecular flexibility index (Phi) is 4.67. The molecule has 36 heavy (non-hydrogen) atoms. The lowest BCUT2D eigenvalue weighted by atomic mass is 9.87. The molecule has 4 aromatic rings. The quantitative estimate of drug-likeness (QED) is 0.366. The number of aromatic hydroxyl groups is 1. The van der Waals surface area contributed by atoms with E-state index in [4.69, 9.17) is 13.6 Å². The summed E-state index contributed by atoms with van der Waals surface area (Å²) in [7, 11) is -2.60. The van der Waals surface area contributed by atoms with E-state index in [1.165, 1.54) is 12.1 Å². The number of pyridine rings is 1. The summed E-state index contributed by atoms with van der Waals surface area (Å²) in [6, 6.07) is 17.1. The van der Waals surface area contributed by atoms with Crippen molar-refractivity contribution in [2.75, 3.05) is 7.04 Å². The number of hydrogen-bond donors (Lipinski definition) is 1. The van der Waals surface area contributed by atoms with Gasteiger partial charge in [0.15, 0.2) is 0 Å². The first-order valence-corrected chi connectivity index (χ1v) is 11.7. The molecule has 2 aromatic carbocycles. The number of ether oxygens (including phenoxy) is 2. The summed E-state index contributed by atoms with van der Waals surface area (Å²) in [5.74, 6) is -0.0586. The van der Waals surface area contributed by atoms with Crippen LogP contribution < -0.4 is 4.74 Å². The van der Waals surface area contributed by atoms with E-state index in [1.54, 1.807) is 30.3 Å². The highest BCUT2D eigenvalue weighted by atomic mass is 19.1. The Labute approximate surface area is 212 Å². The fraction of sp³-hybridized carbons (Fsp3) is 0.241. The van der Waals surface area contributed by atoms with Crippen LogP contribution in [0.3, 0.4) is 0 Å². The zero-order chi connectivity index (χ0) is 27.3. The van der Waals surface area contributed by atoms with Crippen LogP contribution in [0.5, 0.6) is 11.5 Å². The van der Waals surface area contributed by atoms with Gasteiger partial charge in [0.25, 0.3) is 0 Å². The predicted octanol–water partition coefficient (Wildman–Crippen LogP) is 5.74. The number of hydrogen-bond acceptors (Lipinski definition) is 5. The van der Waals surface area contributed by atoms with Crippen molar-refractivity contribution in [3.05, 3.63) is 100 Å². The van der Waals surface area contributed by atoms with Crippen molar-refractivity contribution < 1.29 is 23.1 Å². The molecule has 0 radical (unpaired) electrons. The number of aromatic nitrogens is 2. The zero-order valence-corrected chi connectivity index (χ0v) is 19.2. The number of phenolic OH excluding ortho intramolecular Hbond substituents is 1. The summed E-state index contributed by atoms with van der Waals surface area (Å²) < 4.78 is 50.3. The summed E-state index contributed by atoms with van der Waals surface area (Å²) in [6.45, 7) is -0.246. The Morgan fingerprint density at radius 3 is 2.92 bits per heavy atom. The molecule has 1 N–H and O–H groups in total. The number of allylic oxidation sites excluding steroid dienone is 1. The molecule has 0 bridgehead atoms. The second-order valence-electron chi connectivity index (χ2n) is 9.12. The van der Waals surface area contributed by atoms with Crippen molar-refractivity contribution in [3.63, 3.8) is 0 Å². The molecule has 1 unspecified atom stereocenters. The van der Waals surface area contributed by atoms with Crippen molar-refractivity contribution in [3.8, 4) is 17.6 Å². The fourth-order valence-corrected chi connectivity index (χ4v) is 5.04. The van der Waals surface area contributed by atoms with Crippen LogP contribution in [0.4, 0.5) is 4.39 Å². The molecule has 1 fully saturated rings.